The highest BCUT2D eigenvalue weighted by Crippen LogP contribution is 2.24. The first-order valence-corrected chi connectivity index (χ1v) is 6.99. The zero-order valence-corrected chi connectivity index (χ0v) is 12.2. The van der Waals surface area contributed by atoms with E-state index in [2.05, 4.69) is 33.5 Å². The number of hydrogen-bond acceptors (Lipinski definition) is 5. The summed E-state index contributed by atoms with van der Waals surface area (Å²) < 4.78 is 0. The number of nitrogens with zero attached hydrogens (tertiary/aromatic N) is 3. The molecule has 5 heteroatoms. The molecule has 2 heterocycles. The second kappa shape index (κ2) is 5.84. The Labute approximate surface area is 115 Å². The van der Waals surface area contributed by atoms with Crippen molar-refractivity contribution >= 4 is 5.82 Å². The lowest BCUT2D eigenvalue weighted by Crippen LogP contribution is -2.39. The maximum absolute atomic E-state index is 5.93. The van der Waals surface area contributed by atoms with Crippen LogP contribution in [0.4, 0.5) is 5.82 Å². The lowest BCUT2D eigenvalue weighted by atomic mass is 9.95. The molecule has 0 aromatic carbocycles. The van der Waals surface area contributed by atoms with Crippen molar-refractivity contribution in [2.75, 3.05) is 32.0 Å². The van der Waals surface area contributed by atoms with E-state index in [0.29, 0.717) is 12.5 Å². The van der Waals surface area contributed by atoms with E-state index in [1.165, 1.54) is 19.4 Å². The van der Waals surface area contributed by atoms with Crippen LogP contribution in [0.2, 0.25) is 0 Å². The van der Waals surface area contributed by atoms with Gasteiger partial charge in [-0.25, -0.2) is 0 Å². The van der Waals surface area contributed by atoms with Gasteiger partial charge in [-0.3, -0.25) is 0 Å². The summed E-state index contributed by atoms with van der Waals surface area (Å²) in [6, 6.07) is 4.09. The van der Waals surface area contributed by atoms with E-state index in [-0.39, 0.29) is 5.54 Å². The number of nitrogens with one attached hydrogen (secondary N) is 1. The monoisotopic (exact) mass is 263 g/mol. The van der Waals surface area contributed by atoms with E-state index in [0.717, 1.165) is 18.1 Å². The highest BCUT2D eigenvalue weighted by molar-refractivity contribution is 5.34. The second-order valence-electron chi connectivity index (χ2n) is 6.29. The fourth-order valence-corrected chi connectivity index (χ4v) is 2.38. The van der Waals surface area contributed by atoms with Crippen LogP contribution in [0.15, 0.2) is 12.1 Å². The van der Waals surface area contributed by atoms with Gasteiger partial charge in [-0.2, -0.15) is 5.10 Å². The standard InChI is InChI=1S/C14H25N5/c1-14(2,15)10-16-13-7-6-12(17-18-13)11-5-4-8-19(3)9-11/h6-7,11H,4-5,8-10,15H2,1-3H3,(H,16,18). The largest absolute Gasteiger partial charge is 0.367 e. The van der Waals surface area contributed by atoms with Crippen molar-refractivity contribution < 1.29 is 0 Å². The molecule has 1 saturated heterocycles. The molecule has 5 nitrogen and oxygen atoms in total. The van der Waals surface area contributed by atoms with Crippen LogP contribution in [-0.2, 0) is 0 Å². The van der Waals surface area contributed by atoms with Gasteiger partial charge >= 0.3 is 0 Å². The molecule has 0 amide bonds. The summed E-state index contributed by atoms with van der Waals surface area (Å²) in [6.07, 6.45) is 2.45. The normalized spacial score (nSPS) is 21.4. The van der Waals surface area contributed by atoms with Gasteiger partial charge in [-0.1, -0.05) is 0 Å². The Morgan fingerprint density at radius 3 is 2.79 bits per heavy atom. The van der Waals surface area contributed by atoms with Gasteiger partial charge in [0.25, 0.3) is 0 Å². The van der Waals surface area contributed by atoms with Crippen LogP contribution in [-0.4, -0.2) is 47.3 Å². The molecule has 0 aliphatic carbocycles. The van der Waals surface area contributed by atoms with Crippen molar-refractivity contribution in [3.05, 3.63) is 17.8 Å². The third-order valence-corrected chi connectivity index (χ3v) is 3.45. The fraction of sp³-hybridized carbons (Fsp3) is 0.714. The molecule has 19 heavy (non-hydrogen) atoms. The van der Waals surface area contributed by atoms with Gasteiger partial charge in [-0.15, -0.1) is 5.10 Å². The summed E-state index contributed by atoms with van der Waals surface area (Å²) >= 11 is 0. The van der Waals surface area contributed by atoms with Crippen molar-refractivity contribution in [2.45, 2.75) is 38.1 Å². The lowest BCUT2D eigenvalue weighted by molar-refractivity contribution is 0.248. The average Bonchev–Trinajstić information content (AvgIpc) is 2.36. The van der Waals surface area contributed by atoms with Crippen molar-refractivity contribution in [3.8, 4) is 0 Å². The molecule has 1 aliphatic heterocycles. The number of likely N-dealkylation sites (tertiary alicyclic amines) is 1. The summed E-state index contributed by atoms with van der Waals surface area (Å²) in [5.74, 6) is 1.32. The molecule has 106 valence electrons. The number of nitrogens with two attached hydrogens (primary N) is 1. The summed E-state index contributed by atoms with van der Waals surface area (Å²) in [6.45, 7) is 6.93. The molecule has 0 saturated carbocycles. The van der Waals surface area contributed by atoms with E-state index in [4.69, 9.17) is 5.73 Å². The molecule has 1 aliphatic rings. The van der Waals surface area contributed by atoms with Gasteiger partial charge < -0.3 is 16.0 Å². The van der Waals surface area contributed by atoms with Gasteiger partial charge in [0.15, 0.2) is 0 Å². The van der Waals surface area contributed by atoms with Gasteiger partial charge in [0.1, 0.15) is 5.82 Å². The Kier molecular flexibility index (Phi) is 4.37. The van der Waals surface area contributed by atoms with Crippen LogP contribution in [0.3, 0.4) is 0 Å². The minimum absolute atomic E-state index is 0.244. The van der Waals surface area contributed by atoms with Crippen molar-refractivity contribution in [2.24, 2.45) is 5.73 Å². The summed E-state index contributed by atoms with van der Waals surface area (Å²) in [4.78, 5) is 2.36. The smallest absolute Gasteiger partial charge is 0.148 e. The zero-order valence-electron chi connectivity index (χ0n) is 12.2. The van der Waals surface area contributed by atoms with Crippen LogP contribution in [0.5, 0.6) is 0 Å². The van der Waals surface area contributed by atoms with Crippen molar-refractivity contribution in [1.82, 2.24) is 15.1 Å². The van der Waals surface area contributed by atoms with Crippen molar-refractivity contribution in [3.63, 3.8) is 0 Å². The molecular weight excluding hydrogens is 238 g/mol. The van der Waals surface area contributed by atoms with Crippen LogP contribution in [0, 0.1) is 0 Å². The van der Waals surface area contributed by atoms with Gasteiger partial charge in [0, 0.05) is 24.5 Å². The minimum Gasteiger partial charge on any atom is -0.367 e. The van der Waals surface area contributed by atoms with E-state index >= 15 is 0 Å². The molecule has 1 atom stereocenters. The van der Waals surface area contributed by atoms with Gasteiger partial charge in [0.2, 0.25) is 0 Å². The number of piperidine rings is 1. The van der Waals surface area contributed by atoms with Gasteiger partial charge in [0.05, 0.1) is 5.69 Å². The lowest BCUT2D eigenvalue weighted by Gasteiger charge is -2.29. The second-order valence-corrected chi connectivity index (χ2v) is 6.29. The fourth-order valence-electron chi connectivity index (χ4n) is 2.38. The van der Waals surface area contributed by atoms with E-state index in [9.17, 15) is 0 Å². The van der Waals surface area contributed by atoms with Gasteiger partial charge in [-0.05, 0) is 52.4 Å². The summed E-state index contributed by atoms with van der Waals surface area (Å²) in [5, 5.41) is 11.8. The highest BCUT2D eigenvalue weighted by atomic mass is 15.2. The molecule has 2 rings (SSSR count). The molecule has 0 radical (unpaired) electrons. The predicted octanol–water partition coefficient (Wildman–Crippen LogP) is 1.43. The SMILES string of the molecule is CN1CCCC(c2ccc(NCC(C)(C)N)nn2)C1. The Bertz CT molecular complexity index is 395. The Balaban J connectivity index is 1.94. The maximum Gasteiger partial charge on any atom is 0.148 e. The highest BCUT2D eigenvalue weighted by Gasteiger charge is 2.20. The maximum atomic E-state index is 5.93. The Morgan fingerprint density at radius 2 is 2.21 bits per heavy atom. The van der Waals surface area contributed by atoms with Crippen LogP contribution in [0.25, 0.3) is 0 Å². The van der Waals surface area contributed by atoms with E-state index < -0.39 is 0 Å². The van der Waals surface area contributed by atoms with Crippen molar-refractivity contribution in [1.29, 1.82) is 0 Å². The first-order valence-electron chi connectivity index (χ1n) is 6.99. The third kappa shape index (κ3) is 4.44. The molecule has 1 unspecified atom stereocenters. The average molecular weight is 263 g/mol. The molecule has 1 fully saturated rings. The predicted molar refractivity (Wildman–Crippen MR) is 78.3 cm³/mol. The van der Waals surface area contributed by atoms with Crippen LogP contribution < -0.4 is 11.1 Å². The number of anilines is 1. The molecule has 1 aromatic rings. The molecular formula is C14H25N5. The first-order chi connectivity index (χ1) is 8.94. The number of likely N-dealkylation sites (N-methyl/N-ethyl adjacent to an activating group) is 1. The van der Waals surface area contributed by atoms with Crippen LogP contribution >= 0.6 is 0 Å². The molecule has 0 bridgehead atoms. The molecule has 0 spiro atoms. The number of aromatic nitrogens is 2. The Morgan fingerprint density at radius 1 is 1.42 bits per heavy atom. The van der Waals surface area contributed by atoms with Crippen LogP contribution in [0.1, 0.15) is 38.3 Å². The van der Waals surface area contributed by atoms with E-state index in [1.54, 1.807) is 0 Å². The minimum atomic E-state index is -0.244. The Hall–Kier alpha value is -1.20. The third-order valence-electron chi connectivity index (χ3n) is 3.45. The topological polar surface area (TPSA) is 67.1 Å². The molecule has 3 N–H and O–H groups in total. The summed E-state index contributed by atoms with van der Waals surface area (Å²) in [7, 11) is 2.17. The number of rotatable bonds is 4. The first kappa shape index (κ1) is 14.2. The zero-order chi connectivity index (χ0) is 13.9. The van der Waals surface area contributed by atoms with E-state index in [1.807, 2.05) is 19.9 Å². The summed E-state index contributed by atoms with van der Waals surface area (Å²) in [5.41, 5.74) is 6.79. The number of hydrogen-bond donors (Lipinski definition) is 2. The quantitative estimate of drug-likeness (QED) is 0.860. The molecule has 1 aromatic heterocycles.